The topological polar surface area (TPSA) is 79.7 Å². The molecule has 24 heavy (non-hydrogen) atoms. The number of carbonyl (C=O) groups is 1. The summed E-state index contributed by atoms with van der Waals surface area (Å²) in [5.41, 5.74) is 0.617. The molecule has 3 N–H and O–H groups in total. The number of sulfonamides is 1. The maximum Gasteiger partial charge on any atom is 0.282 e. The van der Waals surface area contributed by atoms with Gasteiger partial charge in [0.1, 0.15) is 0 Å². The Bertz CT molecular complexity index is 650. The van der Waals surface area contributed by atoms with Crippen molar-refractivity contribution in [3.8, 4) is 0 Å². The van der Waals surface area contributed by atoms with Crippen LogP contribution in [0.3, 0.4) is 0 Å². The van der Waals surface area contributed by atoms with E-state index in [1.807, 2.05) is 6.92 Å². The summed E-state index contributed by atoms with van der Waals surface area (Å²) >= 11 is 0. The van der Waals surface area contributed by atoms with Crippen molar-refractivity contribution in [2.75, 3.05) is 18.4 Å². The molecule has 1 aromatic carbocycles. The van der Waals surface area contributed by atoms with E-state index in [0.29, 0.717) is 5.69 Å². The monoisotopic (exact) mass is 354 g/mol. The molecule has 134 valence electrons. The molecule has 2 rings (SSSR count). The van der Waals surface area contributed by atoms with E-state index in [9.17, 15) is 13.2 Å². The van der Waals surface area contributed by atoms with E-state index in [1.54, 1.807) is 26.0 Å². The molecule has 0 aliphatic carbocycles. The maximum absolute atomic E-state index is 12.4. The third-order valence-corrected chi connectivity index (χ3v) is 6.00. The van der Waals surface area contributed by atoms with Gasteiger partial charge in [0.05, 0.1) is 18.0 Å². The number of quaternary nitrogens is 1. The van der Waals surface area contributed by atoms with Crippen molar-refractivity contribution in [3.05, 3.63) is 24.3 Å². The van der Waals surface area contributed by atoms with Crippen LogP contribution in [0.25, 0.3) is 0 Å². The van der Waals surface area contributed by atoms with Crippen LogP contribution in [0.4, 0.5) is 5.69 Å². The molecule has 1 saturated heterocycles. The Morgan fingerprint density at radius 2 is 1.62 bits per heavy atom. The number of amides is 1. The van der Waals surface area contributed by atoms with Gasteiger partial charge < -0.3 is 10.2 Å². The van der Waals surface area contributed by atoms with Crippen LogP contribution < -0.4 is 14.9 Å². The lowest BCUT2D eigenvalue weighted by Gasteiger charge is -2.28. The van der Waals surface area contributed by atoms with Gasteiger partial charge in [-0.05, 0) is 64.3 Å². The van der Waals surface area contributed by atoms with Crippen molar-refractivity contribution in [2.24, 2.45) is 0 Å². The molecule has 7 heteroatoms. The summed E-state index contributed by atoms with van der Waals surface area (Å²) in [6.45, 7) is 7.56. The van der Waals surface area contributed by atoms with Gasteiger partial charge in [-0.15, -0.1) is 0 Å². The van der Waals surface area contributed by atoms with E-state index in [2.05, 4.69) is 10.0 Å². The molecular weight excluding hydrogens is 326 g/mol. The molecule has 1 atom stereocenters. The second kappa shape index (κ2) is 8.09. The molecule has 1 aliphatic heterocycles. The number of hydrogen-bond donors (Lipinski definition) is 3. The molecule has 0 radical (unpaired) electrons. The SMILES string of the molecule is CC(C)NS(=O)(=O)c1ccc(NC(=O)[C@H](C)[NH+]2CCCCC2)cc1. The Morgan fingerprint density at radius 1 is 1.04 bits per heavy atom. The molecule has 1 heterocycles. The fourth-order valence-electron chi connectivity index (χ4n) is 2.97. The largest absolute Gasteiger partial charge is 0.325 e. The van der Waals surface area contributed by atoms with Crippen molar-refractivity contribution in [2.45, 2.75) is 57.0 Å². The number of hydrogen-bond acceptors (Lipinski definition) is 3. The van der Waals surface area contributed by atoms with Crippen molar-refractivity contribution >= 4 is 21.6 Å². The van der Waals surface area contributed by atoms with Crippen molar-refractivity contribution in [1.82, 2.24) is 4.72 Å². The Labute approximate surface area is 144 Å². The molecule has 6 nitrogen and oxygen atoms in total. The minimum Gasteiger partial charge on any atom is -0.325 e. The summed E-state index contributed by atoms with van der Waals surface area (Å²) in [5.74, 6) is -0.0252. The molecule has 0 aromatic heterocycles. The smallest absolute Gasteiger partial charge is 0.282 e. The second-order valence-electron chi connectivity index (χ2n) is 6.73. The zero-order chi connectivity index (χ0) is 17.7. The normalized spacial score (nSPS) is 17.7. The third-order valence-electron chi connectivity index (χ3n) is 4.32. The summed E-state index contributed by atoms with van der Waals surface area (Å²) in [6, 6.07) is 6.02. The summed E-state index contributed by atoms with van der Waals surface area (Å²) in [4.78, 5) is 13.9. The standard InChI is InChI=1S/C17H27N3O3S/c1-13(2)19-24(22,23)16-9-7-15(8-10-16)18-17(21)14(3)20-11-5-4-6-12-20/h7-10,13-14,19H,4-6,11-12H2,1-3H3,(H,18,21)/p+1/t14-/m0/s1. The van der Waals surface area contributed by atoms with Crippen LogP contribution in [0.1, 0.15) is 40.0 Å². The van der Waals surface area contributed by atoms with Gasteiger partial charge >= 0.3 is 0 Å². The quantitative estimate of drug-likeness (QED) is 0.706. The fourth-order valence-corrected chi connectivity index (χ4v) is 4.22. The number of carbonyl (C=O) groups excluding carboxylic acids is 1. The lowest BCUT2D eigenvalue weighted by atomic mass is 10.1. The minimum absolute atomic E-state index is 0.0252. The molecule has 1 aromatic rings. The molecular formula is C17H28N3O3S+. The zero-order valence-corrected chi connectivity index (χ0v) is 15.4. The first-order valence-corrected chi connectivity index (χ1v) is 10.1. The van der Waals surface area contributed by atoms with Gasteiger partial charge in [-0.1, -0.05) is 0 Å². The average Bonchev–Trinajstić information content (AvgIpc) is 2.54. The van der Waals surface area contributed by atoms with Crippen LogP contribution >= 0.6 is 0 Å². The second-order valence-corrected chi connectivity index (χ2v) is 8.44. The minimum atomic E-state index is -3.51. The van der Waals surface area contributed by atoms with Crippen LogP contribution in [-0.4, -0.2) is 39.5 Å². The van der Waals surface area contributed by atoms with E-state index < -0.39 is 10.0 Å². The van der Waals surface area contributed by atoms with Crippen molar-refractivity contribution in [1.29, 1.82) is 0 Å². The summed E-state index contributed by atoms with van der Waals surface area (Å²) in [5, 5.41) is 2.88. The Morgan fingerprint density at radius 3 is 2.17 bits per heavy atom. The number of nitrogens with one attached hydrogen (secondary N) is 3. The van der Waals surface area contributed by atoms with Gasteiger partial charge in [0, 0.05) is 11.7 Å². The Hall–Kier alpha value is -1.44. The molecule has 0 spiro atoms. The molecule has 1 fully saturated rings. The fraction of sp³-hybridized carbons (Fsp3) is 0.588. The number of piperidine rings is 1. The van der Waals surface area contributed by atoms with Crippen LogP contribution in [0.15, 0.2) is 29.2 Å². The molecule has 0 saturated carbocycles. The predicted octanol–water partition coefficient (Wildman–Crippen LogP) is 0.769. The number of benzene rings is 1. The van der Waals surface area contributed by atoms with Crippen LogP contribution in [0.5, 0.6) is 0 Å². The van der Waals surface area contributed by atoms with Crippen molar-refractivity contribution < 1.29 is 18.1 Å². The van der Waals surface area contributed by atoms with Crippen LogP contribution in [0.2, 0.25) is 0 Å². The van der Waals surface area contributed by atoms with E-state index in [0.717, 1.165) is 13.1 Å². The highest BCUT2D eigenvalue weighted by atomic mass is 32.2. The Kier molecular flexibility index (Phi) is 6.37. The van der Waals surface area contributed by atoms with E-state index in [-0.39, 0.29) is 22.9 Å². The van der Waals surface area contributed by atoms with E-state index >= 15 is 0 Å². The summed E-state index contributed by atoms with van der Waals surface area (Å²) in [7, 11) is -3.51. The molecule has 0 unspecified atom stereocenters. The van der Waals surface area contributed by atoms with Gasteiger partial charge in [0.15, 0.2) is 6.04 Å². The van der Waals surface area contributed by atoms with Crippen molar-refractivity contribution in [3.63, 3.8) is 0 Å². The average molecular weight is 354 g/mol. The van der Waals surface area contributed by atoms with Gasteiger partial charge in [-0.2, -0.15) is 0 Å². The number of likely N-dealkylation sites (tertiary alicyclic amines) is 1. The molecule has 1 aliphatic rings. The lowest BCUT2D eigenvalue weighted by Crippen LogP contribution is -3.17. The van der Waals surface area contributed by atoms with Gasteiger partial charge in [-0.3, -0.25) is 4.79 Å². The highest BCUT2D eigenvalue weighted by Crippen LogP contribution is 2.14. The van der Waals surface area contributed by atoms with Gasteiger partial charge in [-0.25, -0.2) is 13.1 Å². The summed E-state index contributed by atoms with van der Waals surface area (Å²) < 4.78 is 26.7. The number of rotatable bonds is 6. The first kappa shape index (κ1) is 18.9. The highest BCUT2D eigenvalue weighted by Gasteiger charge is 2.26. The molecule has 0 bridgehead atoms. The summed E-state index contributed by atoms with van der Waals surface area (Å²) in [6.07, 6.45) is 3.59. The van der Waals surface area contributed by atoms with Gasteiger partial charge in [0.25, 0.3) is 5.91 Å². The molecule has 1 amide bonds. The Balaban J connectivity index is 1.99. The zero-order valence-electron chi connectivity index (χ0n) is 14.6. The van der Waals surface area contributed by atoms with Crippen LogP contribution in [-0.2, 0) is 14.8 Å². The van der Waals surface area contributed by atoms with Gasteiger partial charge in [0.2, 0.25) is 10.0 Å². The highest BCUT2D eigenvalue weighted by molar-refractivity contribution is 7.89. The predicted molar refractivity (Wildman–Crippen MR) is 94.5 cm³/mol. The first-order chi connectivity index (χ1) is 11.3. The number of anilines is 1. The van der Waals surface area contributed by atoms with E-state index in [1.165, 1.54) is 36.3 Å². The third kappa shape index (κ3) is 5.03. The van der Waals surface area contributed by atoms with E-state index in [4.69, 9.17) is 0 Å². The lowest BCUT2D eigenvalue weighted by molar-refractivity contribution is -0.918. The first-order valence-electron chi connectivity index (χ1n) is 8.57. The maximum atomic E-state index is 12.4. The van der Waals surface area contributed by atoms with Crippen LogP contribution in [0, 0.1) is 0 Å².